The van der Waals surface area contributed by atoms with Crippen LogP contribution in [0, 0.1) is 0 Å². The summed E-state index contributed by atoms with van der Waals surface area (Å²) in [5, 5.41) is 0. The molecular formula is C20H40N2O5. The molecule has 160 valence electrons. The van der Waals surface area contributed by atoms with Gasteiger partial charge in [-0.05, 0) is 13.1 Å². The molecule has 1 fully saturated rings. The van der Waals surface area contributed by atoms with E-state index in [0.717, 1.165) is 52.5 Å². The normalized spacial score (nSPS) is 22.6. The average Bonchev–Trinajstić information content (AvgIpc) is 2.69. The van der Waals surface area contributed by atoms with Crippen molar-refractivity contribution in [3.05, 3.63) is 12.7 Å². The van der Waals surface area contributed by atoms with Gasteiger partial charge in [-0.3, -0.25) is 9.80 Å². The van der Waals surface area contributed by atoms with Gasteiger partial charge in [-0.2, -0.15) is 0 Å². The predicted octanol–water partition coefficient (Wildman–Crippen LogP) is 1.28. The maximum atomic E-state index is 5.83. The van der Waals surface area contributed by atoms with E-state index in [1.54, 1.807) is 6.08 Å². The monoisotopic (exact) mass is 388 g/mol. The quantitative estimate of drug-likeness (QED) is 0.658. The maximum absolute atomic E-state index is 5.83. The topological polar surface area (TPSA) is 52.6 Å². The third kappa shape index (κ3) is 13.3. The van der Waals surface area contributed by atoms with Gasteiger partial charge in [-0.1, -0.05) is 19.9 Å². The third-order valence-corrected chi connectivity index (χ3v) is 4.53. The van der Waals surface area contributed by atoms with Gasteiger partial charge in [0.05, 0.1) is 59.5 Å². The molecule has 0 bridgehead atoms. The van der Waals surface area contributed by atoms with E-state index in [9.17, 15) is 0 Å². The highest BCUT2D eigenvalue weighted by Gasteiger charge is 2.11. The van der Waals surface area contributed by atoms with Crippen LogP contribution >= 0.6 is 0 Å². The first-order chi connectivity index (χ1) is 13.3. The Bertz CT molecular complexity index is 320. The van der Waals surface area contributed by atoms with Crippen LogP contribution in [0.1, 0.15) is 13.8 Å². The second kappa shape index (κ2) is 17.6. The molecule has 0 radical (unpaired) electrons. The first kappa shape index (κ1) is 24.5. The van der Waals surface area contributed by atoms with Crippen molar-refractivity contribution in [1.29, 1.82) is 0 Å². The molecule has 1 aliphatic heterocycles. The van der Waals surface area contributed by atoms with Crippen molar-refractivity contribution < 1.29 is 23.7 Å². The van der Waals surface area contributed by atoms with E-state index in [-0.39, 0.29) is 6.10 Å². The van der Waals surface area contributed by atoms with E-state index >= 15 is 0 Å². The summed E-state index contributed by atoms with van der Waals surface area (Å²) in [7, 11) is 0. The molecule has 0 N–H and O–H groups in total. The molecule has 0 aromatic carbocycles. The fourth-order valence-corrected chi connectivity index (χ4v) is 2.73. The lowest BCUT2D eigenvalue weighted by atomic mass is 10.4. The zero-order chi connectivity index (χ0) is 19.6. The Morgan fingerprint density at radius 1 is 0.778 bits per heavy atom. The summed E-state index contributed by atoms with van der Waals surface area (Å²) in [6.07, 6.45) is 1.69. The van der Waals surface area contributed by atoms with E-state index in [1.807, 2.05) is 0 Å². The van der Waals surface area contributed by atoms with Crippen LogP contribution in [0.25, 0.3) is 0 Å². The van der Waals surface area contributed by atoms with Crippen molar-refractivity contribution in [2.24, 2.45) is 0 Å². The fourth-order valence-electron chi connectivity index (χ4n) is 2.73. The number of ether oxygens (including phenoxy) is 5. The molecule has 0 aromatic rings. The van der Waals surface area contributed by atoms with E-state index in [1.165, 1.54) is 0 Å². The second-order valence-electron chi connectivity index (χ2n) is 6.49. The van der Waals surface area contributed by atoms with Gasteiger partial charge in [0.1, 0.15) is 6.10 Å². The van der Waals surface area contributed by atoms with Crippen molar-refractivity contribution in [2.45, 2.75) is 20.0 Å². The summed E-state index contributed by atoms with van der Waals surface area (Å²) in [5.41, 5.74) is 0. The van der Waals surface area contributed by atoms with Crippen molar-refractivity contribution in [2.75, 3.05) is 98.7 Å². The molecule has 1 saturated heterocycles. The van der Waals surface area contributed by atoms with E-state index in [0.29, 0.717) is 46.2 Å². The van der Waals surface area contributed by atoms with Crippen LogP contribution in [0.2, 0.25) is 0 Å². The summed E-state index contributed by atoms with van der Waals surface area (Å²) < 4.78 is 28.8. The van der Waals surface area contributed by atoms with Gasteiger partial charge in [0.2, 0.25) is 0 Å². The molecule has 0 aromatic heterocycles. The van der Waals surface area contributed by atoms with Crippen LogP contribution in [0.15, 0.2) is 12.7 Å². The lowest BCUT2D eigenvalue weighted by molar-refractivity contribution is -0.0562. The molecule has 1 aliphatic rings. The summed E-state index contributed by atoms with van der Waals surface area (Å²) >= 11 is 0. The highest BCUT2D eigenvalue weighted by molar-refractivity contribution is 4.67. The Morgan fingerprint density at radius 3 is 1.63 bits per heavy atom. The van der Waals surface area contributed by atoms with Gasteiger partial charge in [-0.15, -0.1) is 6.58 Å². The number of hydrogen-bond acceptors (Lipinski definition) is 7. The Hall–Kier alpha value is -0.540. The Kier molecular flexibility index (Phi) is 15.9. The van der Waals surface area contributed by atoms with E-state index in [2.05, 4.69) is 30.2 Å². The third-order valence-electron chi connectivity index (χ3n) is 4.53. The van der Waals surface area contributed by atoms with Crippen molar-refractivity contribution in [3.63, 3.8) is 0 Å². The van der Waals surface area contributed by atoms with Crippen LogP contribution in [0.5, 0.6) is 0 Å². The summed E-state index contributed by atoms with van der Waals surface area (Å²) in [6.45, 7) is 19.2. The molecule has 0 amide bonds. The number of nitrogens with zero attached hydrogens (tertiary/aromatic N) is 2. The number of hydrogen-bond donors (Lipinski definition) is 0. The van der Waals surface area contributed by atoms with Crippen LogP contribution in [0.4, 0.5) is 0 Å². The predicted molar refractivity (Wildman–Crippen MR) is 107 cm³/mol. The SMILES string of the molecule is C=CCOC1COCCN(CC)CCOCCOCCN(CC)CCOC1. The van der Waals surface area contributed by atoms with Crippen LogP contribution in [-0.4, -0.2) is 115 Å². The molecule has 27 heavy (non-hydrogen) atoms. The van der Waals surface area contributed by atoms with Gasteiger partial charge in [0.15, 0.2) is 0 Å². The van der Waals surface area contributed by atoms with Gasteiger partial charge in [0, 0.05) is 26.2 Å². The fraction of sp³-hybridized carbons (Fsp3) is 0.900. The molecule has 0 aliphatic carbocycles. The van der Waals surface area contributed by atoms with Gasteiger partial charge in [0.25, 0.3) is 0 Å². The average molecular weight is 389 g/mol. The second-order valence-corrected chi connectivity index (χ2v) is 6.49. The smallest absolute Gasteiger partial charge is 0.104 e. The minimum atomic E-state index is -0.0677. The van der Waals surface area contributed by atoms with Gasteiger partial charge >= 0.3 is 0 Å². The van der Waals surface area contributed by atoms with Gasteiger partial charge < -0.3 is 23.7 Å². The molecule has 0 unspecified atom stereocenters. The van der Waals surface area contributed by atoms with E-state index < -0.39 is 0 Å². The standard InChI is InChI=1S/C20H40N2O5/c1-4-11-27-20-18-25-14-9-21(5-2)7-12-23-16-17-24-13-8-22(6-3)10-15-26-19-20/h4,20H,1,5-19H2,2-3H3. The Morgan fingerprint density at radius 2 is 1.22 bits per heavy atom. The Balaban J connectivity index is 2.46. The lowest BCUT2D eigenvalue weighted by Crippen LogP contribution is -2.33. The minimum Gasteiger partial charge on any atom is -0.378 e. The number of likely N-dealkylation sites (N-methyl/N-ethyl adjacent to an activating group) is 2. The highest BCUT2D eigenvalue weighted by Crippen LogP contribution is 1.99. The maximum Gasteiger partial charge on any atom is 0.104 e. The van der Waals surface area contributed by atoms with E-state index in [4.69, 9.17) is 23.7 Å². The molecule has 1 heterocycles. The molecule has 0 saturated carbocycles. The zero-order valence-corrected chi connectivity index (χ0v) is 17.4. The van der Waals surface area contributed by atoms with Gasteiger partial charge in [-0.25, -0.2) is 0 Å². The van der Waals surface area contributed by atoms with Crippen molar-refractivity contribution in [1.82, 2.24) is 9.80 Å². The summed E-state index contributed by atoms with van der Waals surface area (Å²) in [4.78, 5) is 4.65. The molecule has 1 rings (SSSR count). The summed E-state index contributed by atoms with van der Waals surface area (Å²) in [5.74, 6) is 0. The minimum absolute atomic E-state index is 0.0677. The molecule has 0 spiro atoms. The van der Waals surface area contributed by atoms with Crippen LogP contribution in [-0.2, 0) is 23.7 Å². The first-order valence-corrected chi connectivity index (χ1v) is 10.3. The largest absolute Gasteiger partial charge is 0.378 e. The van der Waals surface area contributed by atoms with Crippen LogP contribution in [0.3, 0.4) is 0 Å². The number of rotatable bonds is 5. The molecule has 0 atom stereocenters. The first-order valence-electron chi connectivity index (χ1n) is 10.3. The van der Waals surface area contributed by atoms with Crippen molar-refractivity contribution >= 4 is 0 Å². The molecular weight excluding hydrogens is 348 g/mol. The molecule has 7 nitrogen and oxygen atoms in total. The lowest BCUT2D eigenvalue weighted by Gasteiger charge is -2.22. The van der Waals surface area contributed by atoms with Crippen molar-refractivity contribution in [3.8, 4) is 0 Å². The van der Waals surface area contributed by atoms with Crippen LogP contribution < -0.4 is 0 Å². The molecule has 7 heteroatoms. The highest BCUT2D eigenvalue weighted by atomic mass is 16.6. The summed E-state index contributed by atoms with van der Waals surface area (Å²) in [6, 6.07) is 0. The zero-order valence-electron chi connectivity index (χ0n) is 17.4. The Labute approximate surface area is 165 Å².